The summed E-state index contributed by atoms with van der Waals surface area (Å²) in [5, 5.41) is 12.1. The van der Waals surface area contributed by atoms with E-state index in [2.05, 4.69) is 57.4 Å². The van der Waals surface area contributed by atoms with E-state index in [1.54, 1.807) is 6.20 Å². The standard InChI is InChI=1S/C22H32N6/c1-17-8-7-11-20(18(17)2)27-12-14-28(15-13-27)22-25-21(16-23-26-22)24-19-9-5-3-4-6-10-19/h7-8,11,16,19H,3-6,9-10,12-15H2,1-2H3,(H,24,25,26). The van der Waals surface area contributed by atoms with Crippen molar-refractivity contribution in [2.75, 3.05) is 41.3 Å². The summed E-state index contributed by atoms with van der Waals surface area (Å²) in [5.41, 5.74) is 4.08. The molecule has 6 heteroatoms. The first kappa shape index (κ1) is 19.0. The molecule has 0 radical (unpaired) electrons. The minimum atomic E-state index is 0.521. The van der Waals surface area contributed by atoms with Gasteiger partial charge < -0.3 is 15.1 Å². The molecule has 0 unspecified atom stereocenters. The minimum Gasteiger partial charge on any atom is -0.368 e. The summed E-state index contributed by atoms with van der Waals surface area (Å²) in [6, 6.07) is 7.09. The number of anilines is 3. The maximum atomic E-state index is 4.77. The Morgan fingerprint density at radius 1 is 0.929 bits per heavy atom. The average molecular weight is 381 g/mol. The lowest BCUT2D eigenvalue weighted by Crippen LogP contribution is -2.47. The maximum Gasteiger partial charge on any atom is 0.247 e. The van der Waals surface area contributed by atoms with Crippen molar-refractivity contribution in [3.05, 3.63) is 35.5 Å². The molecule has 0 bridgehead atoms. The van der Waals surface area contributed by atoms with E-state index in [0.717, 1.165) is 37.9 Å². The molecule has 0 amide bonds. The van der Waals surface area contributed by atoms with Gasteiger partial charge in [-0.1, -0.05) is 37.8 Å². The topological polar surface area (TPSA) is 57.2 Å². The SMILES string of the molecule is Cc1cccc(N2CCN(c3nncc(NC4CCCCCC4)n3)CC2)c1C. The van der Waals surface area contributed by atoms with Crippen LogP contribution in [0.15, 0.2) is 24.4 Å². The summed E-state index contributed by atoms with van der Waals surface area (Å²) in [6.07, 6.45) is 9.56. The molecule has 0 spiro atoms. The predicted molar refractivity (Wildman–Crippen MR) is 115 cm³/mol. The number of piperazine rings is 1. The van der Waals surface area contributed by atoms with E-state index in [9.17, 15) is 0 Å². The minimum absolute atomic E-state index is 0.521. The lowest BCUT2D eigenvalue weighted by Gasteiger charge is -2.37. The van der Waals surface area contributed by atoms with Crippen molar-refractivity contribution in [1.82, 2.24) is 15.2 Å². The monoisotopic (exact) mass is 380 g/mol. The van der Waals surface area contributed by atoms with E-state index < -0.39 is 0 Å². The fourth-order valence-electron chi connectivity index (χ4n) is 4.36. The van der Waals surface area contributed by atoms with Gasteiger partial charge >= 0.3 is 0 Å². The molecule has 4 rings (SSSR count). The van der Waals surface area contributed by atoms with Gasteiger partial charge in [-0.25, -0.2) is 0 Å². The van der Waals surface area contributed by atoms with Gasteiger partial charge in [-0.3, -0.25) is 0 Å². The molecule has 150 valence electrons. The normalized spacial score (nSPS) is 18.8. The molecule has 1 aliphatic carbocycles. The van der Waals surface area contributed by atoms with Crippen LogP contribution in [0.2, 0.25) is 0 Å². The molecule has 2 aromatic rings. The van der Waals surface area contributed by atoms with Crippen LogP contribution in [0, 0.1) is 13.8 Å². The molecule has 2 aliphatic rings. The Balaban J connectivity index is 1.38. The molecule has 28 heavy (non-hydrogen) atoms. The summed E-state index contributed by atoms with van der Waals surface area (Å²) >= 11 is 0. The van der Waals surface area contributed by atoms with Gasteiger partial charge in [-0.05, 0) is 43.9 Å². The third kappa shape index (κ3) is 4.37. The van der Waals surface area contributed by atoms with Crippen LogP contribution in [0.3, 0.4) is 0 Å². The molecule has 0 atom stereocenters. The van der Waals surface area contributed by atoms with Crippen molar-refractivity contribution in [1.29, 1.82) is 0 Å². The summed E-state index contributed by atoms with van der Waals surface area (Å²) in [7, 11) is 0. The first-order valence-electron chi connectivity index (χ1n) is 10.7. The number of hydrogen-bond acceptors (Lipinski definition) is 6. The van der Waals surface area contributed by atoms with Crippen molar-refractivity contribution in [2.45, 2.75) is 58.4 Å². The van der Waals surface area contributed by atoms with E-state index in [1.165, 1.54) is 55.3 Å². The van der Waals surface area contributed by atoms with Crippen LogP contribution in [-0.4, -0.2) is 47.4 Å². The van der Waals surface area contributed by atoms with Gasteiger partial charge in [0.1, 0.15) is 0 Å². The number of hydrogen-bond donors (Lipinski definition) is 1. The van der Waals surface area contributed by atoms with E-state index in [0.29, 0.717) is 6.04 Å². The molecular weight excluding hydrogens is 348 g/mol. The van der Waals surface area contributed by atoms with Gasteiger partial charge in [0.25, 0.3) is 0 Å². The van der Waals surface area contributed by atoms with Crippen LogP contribution in [0.1, 0.15) is 49.7 Å². The zero-order valence-electron chi connectivity index (χ0n) is 17.2. The smallest absolute Gasteiger partial charge is 0.247 e. The first-order chi connectivity index (χ1) is 13.7. The van der Waals surface area contributed by atoms with E-state index >= 15 is 0 Å². The zero-order chi connectivity index (χ0) is 19.3. The molecular formula is C22H32N6. The molecule has 1 saturated heterocycles. The third-order valence-corrected chi connectivity index (χ3v) is 6.23. The molecule has 1 saturated carbocycles. The summed E-state index contributed by atoms with van der Waals surface area (Å²) < 4.78 is 0. The maximum absolute atomic E-state index is 4.77. The van der Waals surface area contributed by atoms with Crippen molar-refractivity contribution in [2.24, 2.45) is 0 Å². The van der Waals surface area contributed by atoms with Crippen LogP contribution in [-0.2, 0) is 0 Å². The number of nitrogens with one attached hydrogen (secondary N) is 1. The quantitative estimate of drug-likeness (QED) is 0.811. The molecule has 1 N–H and O–H groups in total. The van der Waals surface area contributed by atoms with Crippen LogP contribution >= 0.6 is 0 Å². The molecule has 1 aliphatic heterocycles. The molecule has 6 nitrogen and oxygen atoms in total. The molecule has 1 aromatic heterocycles. The Morgan fingerprint density at radius 2 is 1.64 bits per heavy atom. The first-order valence-corrected chi connectivity index (χ1v) is 10.7. The fourth-order valence-corrected chi connectivity index (χ4v) is 4.36. The number of aromatic nitrogens is 3. The number of nitrogens with zero attached hydrogens (tertiary/aromatic N) is 5. The number of aryl methyl sites for hydroxylation is 1. The predicted octanol–water partition coefficient (Wildman–Crippen LogP) is 3.95. The van der Waals surface area contributed by atoms with Crippen LogP contribution in [0.5, 0.6) is 0 Å². The second-order valence-electron chi connectivity index (χ2n) is 8.17. The zero-order valence-corrected chi connectivity index (χ0v) is 17.2. The highest BCUT2D eigenvalue weighted by Crippen LogP contribution is 2.25. The van der Waals surface area contributed by atoms with Crippen LogP contribution in [0.25, 0.3) is 0 Å². The Labute approximate surface area is 168 Å². The van der Waals surface area contributed by atoms with Gasteiger partial charge in [0.15, 0.2) is 5.82 Å². The summed E-state index contributed by atoms with van der Waals surface area (Å²) in [6.45, 7) is 8.19. The van der Waals surface area contributed by atoms with E-state index in [1.807, 2.05) is 0 Å². The van der Waals surface area contributed by atoms with Crippen molar-refractivity contribution in [3.63, 3.8) is 0 Å². The van der Waals surface area contributed by atoms with Gasteiger partial charge in [0.2, 0.25) is 5.95 Å². The Kier molecular flexibility index (Phi) is 5.93. The van der Waals surface area contributed by atoms with Crippen molar-refractivity contribution >= 4 is 17.5 Å². The fraction of sp³-hybridized carbons (Fsp3) is 0.591. The summed E-state index contributed by atoms with van der Waals surface area (Å²) in [5.74, 6) is 1.62. The highest BCUT2D eigenvalue weighted by molar-refractivity contribution is 5.57. The van der Waals surface area contributed by atoms with Crippen LogP contribution < -0.4 is 15.1 Å². The Hall–Kier alpha value is -2.37. The number of benzene rings is 1. The highest BCUT2D eigenvalue weighted by Gasteiger charge is 2.21. The second-order valence-corrected chi connectivity index (χ2v) is 8.17. The van der Waals surface area contributed by atoms with Crippen molar-refractivity contribution < 1.29 is 0 Å². The molecule has 2 heterocycles. The van der Waals surface area contributed by atoms with Gasteiger partial charge in [-0.2, -0.15) is 10.1 Å². The van der Waals surface area contributed by atoms with E-state index in [-0.39, 0.29) is 0 Å². The van der Waals surface area contributed by atoms with Crippen molar-refractivity contribution in [3.8, 4) is 0 Å². The molecule has 1 aromatic carbocycles. The Morgan fingerprint density at radius 3 is 2.39 bits per heavy atom. The van der Waals surface area contributed by atoms with Crippen LogP contribution in [0.4, 0.5) is 17.5 Å². The van der Waals surface area contributed by atoms with Gasteiger partial charge in [0, 0.05) is 37.9 Å². The van der Waals surface area contributed by atoms with E-state index in [4.69, 9.17) is 4.98 Å². The second kappa shape index (κ2) is 8.76. The van der Waals surface area contributed by atoms with Gasteiger partial charge in [-0.15, -0.1) is 5.10 Å². The summed E-state index contributed by atoms with van der Waals surface area (Å²) in [4.78, 5) is 9.50. The molecule has 2 fully saturated rings. The van der Waals surface area contributed by atoms with Gasteiger partial charge in [0.05, 0.1) is 6.20 Å². The lowest BCUT2D eigenvalue weighted by molar-refractivity contribution is 0.612. The highest BCUT2D eigenvalue weighted by atomic mass is 15.4. The average Bonchev–Trinajstić information content (AvgIpc) is 2.99. The third-order valence-electron chi connectivity index (χ3n) is 6.23. The Bertz CT molecular complexity index is 776. The largest absolute Gasteiger partial charge is 0.368 e. The lowest BCUT2D eigenvalue weighted by atomic mass is 10.1. The number of rotatable bonds is 4.